The summed E-state index contributed by atoms with van der Waals surface area (Å²) in [5, 5.41) is 15.3. The Morgan fingerprint density at radius 2 is 1.92 bits per heavy atom. The fraction of sp³-hybridized carbons (Fsp3) is 0.565. The molecule has 2 aliphatic rings. The molecule has 0 aromatic carbocycles. The third kappa shape index (κ3) is 4.98. The van der Waals surface area contributed by atoms with Crippen molar-refractivity contribution in [2.45, 2.75) is 51.6 Å². The van der Waals surface area contributed by atoms with E-state index in [1.807, 2.05) is 4.90 Å². The third-order valence-corrected chi connectivity index (χ3v) is 6.99. The van der Waals surface area contributed by atoms with Gasteiger partial charge < -0.3 is 19.6 Å². The molecule has 3 aromatic heterocycles. The van der Waals surface area contributed by atoms with Crippen LogP contribution < -0.4 is 14.5 Å². The molecule has 1 spiro atoms. The molecule has 0 bridgehead atoms. The molecule has 2 saturated heterocycles. The molecule has 200 valence electrons. The van der Waals surface area contributed by atoms with Gasteiger partial charge in [-0.3, -0.25) is 0 Å². The number of aromatic nitrogens is 5. The molecule has 1 unspecified atom stereocenters. The number of halogens is 5. The van der Waals surface area contributed by atoms with Crippen molar-refractivity contribution in [3.63, 3.8) is 0 Å². The van der Waals surface area contributed by atoms with Crippen molar-refractivity contribution in [1.82, 2.24) is 24.7 Å². The number of nitrogens with zero attached hydrogens (tertiary/aromatic N) is 7. The molecule has 0 aliphatic carbocycles. The number of pyridine rings is 1. The van der Waals surface area contributed by atoms with Gasteiger partial charge in [0.25, 0.3) is 6.43 Å². The maximum absolute atomic E-state index is 13.1. The summed E-state index contributed by atoms with van der Waals surface area (Å²) in [4.78, 5) is 16.1. The molecule has 0 radical (unpaired) electrons. The Labute approximate surface area is 208 Å². The smallest absolute Gasteiger partial charge is 0.433 e. The molecule has 0 saturated carbocycles. The van der Waals surface area contributed by atoms with E-state index in [-0.39, 0.29) is 16.9 Å². The number of hydrogen-bond donors (Lipinski definition) is 1. The van der Waals surface area contributed by atoms with E-state index in [2.05, 4.69) is 20.1 Å². The van der Waals surface area contributed by atoms with E-state index in [1.54, 1.807) is 11.8 Å². The minimum Gasteiger partial charge on any atom is -0.476 e. The standard InChI is InChI=1S/C23H26F5N7O2/c1-2-37-20-15-11-30-21(31-19(15)35(32-20)12-17(24)25)33-7-5-22(6-8-33)9-18(36)34(13-22)14-3-4-16(29-10-14)23(26,27)28/h3-4,10-11,17-18,36H,2,5-9,12-13H2,1H3. The number of ether oxygens (including phenoxy) is 1. The van der Waals surface area contributed by atoms with E-state index in [0.717, 1.165) is 16.9 Å². The SMILES string of the molecule is CCOc1nn(CC(F)F)c2nc(N3CCC4(CC3)CC(O)N(c3ccc(C(F)(F)F)nc3)C4)ncc12. The van der Waals surface area contributed by atoms with Gasteiger partial charge in [0.15, 0.2) is 5.65 Å². The van der Waals surface area contributed by atoms with Gasteiger partial charge in [-0.15, -0.1) is 5.10 Å². The van der Waals surface area contributed by atoms with E-state index < -0.39 is 31.1 Å². The topological polar surface area (TPSA) is 92.4 Å². The number of aliphatic hydroxyl groups excluding tert-OH is 1. The summed E-state index contributed by atoms with van der Waals surface area (Å²) in [5.74, 6) is 0.600. The second kappa shape index (κ2) is 9.54. The van der Waals surface area contributed by atoms with E-state index in [1.165, 1.54) is 12.3 Å². The van der Waals surface area contributed by atoms with Crippen LogP contribution in [-0.2, 0) is 12.7 Å². The monoisotopic (exact) mass is 527 g/mol. The number of alkyl halides is 5. The normalized spacial score (nSPS) is 19.9. The van der Waals surface area contributed by atoms with Crippen LogP contribution in [0.1, 0.15) is 31.9 Å². The van der Waals surface area contributed by atoms with Crippen LogP contribution in [0.4, 0.5) is 33.6 Å². The zero-order valence-corrected chi connectivity index (χ0v) is 20.0. The Balaban J connectivity index is 1.30. The van der Waals surface area contributed by atoms with E-state index in [4.69, 9.17) is 4.74 Å². The highest BCUT2D eigenvalue weighted by Gasteiger charge is 2.46. The third-order valence-electron chi connectivity index (χ3n) is 6.99. The van der Waals surface area contributed by atoms with Crippen molar-refractivity contribution in [2.24, 2.45) is 5.41 Å². The van der Waals surface area contributed by atoms with Crippen LogP contribution in [0, 0.1) is 5.41 Å². The number of aliphatic hydroxyl groups is 1. The summed E-state index contributed by atoms with van der Waals surface area (Å²) in [6, 6.07) is 2.24. The predicted molar refractivity (Wildman–Crippen MR) is 124 cm³/mol. The van der Waals surface area contributed by atoms with E-state index >= 15 is 0 Å². The van der Waals surface area contributed by atoms with Gasteiger partial charge >= 0.3 is 6.18 Å². The molecule has 5 rings (SSSR count). The van der Waals surface area contributed by atoms with Crippen molar-refractivity contribution < 1.29 is 31.8 Å². The van der Waals surface area contributed by atoms with Crippen molar-refractivity contribution in [3.8, 4) is 5.88 Å². The number of piperidine rings is 1. The fourth-order valence-corrected chi connectivity index (χ4v) is 5.14. The molecule has 2 aliphatic heterocycles. The minimum absolute atomic E-state index is 0.208. The van der Waals surface area contributed by atoms with Crippen LogP contribution in [0.15, 0.2) is 24.5 Å². The highest BCUT2D eigenvalue weighted by atomic mass is 19.4. The van der Waals surface area contributed by atoms with Gasteiger partial charge in [0.2, 0.25) is 11.8 Å². The van der Waals surface area contributed by atoms with Crippen LogP contribution >= 0.6 is 0 Å². The lowest BCUT2D eigenvalue weighted by Gasteiger charge is -2.39. The van der Waals surface area contributed by atoms with Gasteiger partial charge in [0, 0.05) is 25.8 Å². The molecule has 9 nitrogen and oxygen atoms in total. The second-order valence-corrected chi connectivity index (χ2v) is 9.42. The quantitative estimate of drug-likeness (QED) is 0.485. The first kappa shape index (κ1) is 25.4. The Bertz CT molecular complexity index is 1240. The summed E-state index contributed by atoms with van der Waals surface area (Å²) in [6.45, 7) is 3.09. The van der Waals surface area contributed by atoms with Gasteiger partial charge in [-0.2, -0.15) is 18.2 Å². The lowest BCUT2D eigenvalue weighted by atomic mass is 9.77. The van der Waals surface area contributed by atoms with Gasteiger partial charge in [0.05, 0.1) is 18.5 Å². The largest absolute Gasteiger partial charge is 0.476 e. The lowest BCUT2D eigenvalue weighted by molar-refractivity contribution is -0.141. The molecule has 2 fully saturated rings. The number of fused-ring (bicyclic) bond motifs is 1. The average Bonchev–Trinajstić information content (AvgIpc) is 3.35. The Hall–Kier alpha value is -3.29. The van der Waals surface area contributed by atoms with Crippen molar-refractivity contribution in [1.29, 1.82) is 0 Å². The van der Waals surface area contributed by atoms with E-state index in [0.29, 0.717) is 62.5 Å². The molecule has 14 heteroatoms. The molecule has 3 aromatic rings. The first-order valence-electron chi connectivity index (χ1n) is 12.0. The van der Waals surface area contributed by atoms with Crippen LogP contribution in [0.2, 0.25) is 0 Å². The van der Waals surface area contributed by atoms with Gasteiger partial charge in [0.1, 0.15) is 23.9 Å². The minimum atomic E-state index is -4.52. The molecular weight excluding hydrogens is 501 g/mol. The van der Waals surface area contributed by atoms with Crippen molar-refractivity contribution in [3.05, 3.63) is 30.2 Å². The van der Waals surface area contributed by atoms with Gasteiger partial charge in [-0.25, -0.2) is 23.4 Å². The first-order valence-corrected chi connectivity index (χ1v) is 12.0. The summed E-state index contributed by atoms with van der Waals surface area (Å²) < 4.78 is 71.3. The molecule has 1 N–H and O–H groups in total. The number of hydrogen-bond acceptors (Lipinski definition) is 8. The maximum Gasteiger partial charge on any atom is 0.433 e. The van der Waals surface area contributed by atoms with Gasteiger partial charge in [-0.05, 0) is 43.7 Å². The highest BCUT2D eigenvalue weighted by Crippen LogP contribution is 2.45. The molecule has 5 heterocycles. The van der Waals surface area contributed by atoms with Crippen molar-refractivity contribution in [2.75, 3.05) is 36.0 Å². The second-order valence-electron chi connectivity index (χ2n) is 9.42. The van der Waals surface area contributed by atoms with Gasteiger partial charge in [-0.1, -0.05) is 0 Å². The Kier molecular flexibility index (Phi) is 6.54. The lowest BCUT2D eigenvalue weighted by Crippen LogP contribution is -2.42. The van der Waals surface area contributed by atoms with Crippen LogP contribution in [0.25, 0.3) is 11.0 Å². The Morgan fingerprint density at radius 3 is 2.54 bits per heavy atom. The highest BCUT2D eigenvalue weighted by molar-refractivity contribution is 5.81. The first-order chi connectivity index (χ1) is 17.6. The Morgan fingerprint density at radius 1 is 1.16 bits per heavy atom. The molecule has 0 amide bonds. The fourth-order valence-electron chi connectivity index (χ4n) is 5.14. The maximum atomic E-state index is 13.1. The molecule has 37 heavy (non-hydrogen) atoms. The van der Waals surface area contributed by atoms with Crippen LogP contribution in [0.3, 0.4) is 0 Å². The summed E-state index contributed by atoms with van der Waals surface area (Å²) in [7, 11) is 0. The molecular formula is C23H26F5N7O2. The van der Waals surface area contributed by atoms with Crippen molar-refractivity contribution >= 4 is 22.7 Å². The van der Waals surface area contributed by atoms with Crippen LogP contribution in [-0.4, -0.2) is 68.7 Å². The summed E-state index contributed by atoms with van der Waals surface area (Å²) in [5.41, 5.74) is -0.507. The summed E-state index contributed by atoms with van der Waals surface area (Å²) in [6.07, 6.45) is -3.44. The average molecular weight is 527 g/mol. The summed E-state index contributed by atoms with van der Waals surface area (Å²) >= 11 is 0. The zero-order valence-electron chi connectivity index (χ0n) is 20.0. The zero-order chi connectivity index (χ0) is 26.4. The van der Waals surface area contributed by atoms with E-state index in [9.17, 15) is 27.1 Å². The molecule has 1 atom stereocenters. The number of rotatable bonds is 6. The van der Waals surface area contributed by atoms with Crippen LogP contribution in [0.5, 0.6) is 5.88 Å². The predicted octanol–water partition coefficient (Wildman–Crippen LogP) is 3.72. The number of anilines is 2.